The van der Waals surface area contributed by atoms with E-state index in [1.54, 1.807) is 0 Å². The van der Waals surface area contributed by atoms with Crippen molar-refractivity contribution in [2.45, 2.75) is 39.3 Å². The smallest absolute Gasteiger partial charge is 0.225 e. The van der Waals surface area contributed by atoms with Crippen LogP contribution in [0.2, 0.25) is 0 Å². The standard InChI is InChI=1S/C12H20N4/c1-4-13-7-10-8-14-12(15-9(10)2)16(3)11-5-6-11/h8,11,13H,4-7H2,1-3H3. The molecule has 16 heavy (non-hydrogen) atoms. The number of hydrogen-bond donors (Lipinski definition) is 1. The molecule has 1 aliphatic carbocycles. The van der Waals surface area contributed by atoms with Crippen LogP contribution in [-0.2, 0) is 6.54 Å². The largest absolute Gasteiger partial charge is 0.341 e. The monoisotopic (exact) mass is 220 g/mol. The normalized spacial score (nSPS) is 15.2. The average Bonchev–Trinajstić information content (AvgIpc) is 3.10. The van der Waals surface area contributed by atoms with E-state index < -0.39 is 0 Å². The molecule has 4 heteroatoms. The van der Waals surface area contributed by atoms with Gasteiger partial charge in [-0.15, -0.1) is 0 Å². The van der Waals surface area contributed by atoms with Crippen molar-refractivity contribution in [3.8, 4) is 0 Å². The number of nitrogens with one attached hydrogen (secondary N) is 1. The molecule has 0 saturated heterocycles. The van der Waals surface area contributed by atoms with E-state index in [-0.39, 0.29) is 0 Å². The first-order valence-electron chi connectivity index (χ1n) is 5.98. The number of hydrogen-bond acceptors (Lipinski definition) is 4. The summed E-state index contributed by atoms with van der Waals surface area (Å²) in [6.45, 7) is 5.99. The van der Waals surface area contributed by atoms with Crippen LogP contribution in [0.3, 0.4) is 0 Å². The van der Waals surface area contributed by atoms with Gasteiger partial charge in [0.05, 0.1) is 0 Å². The molecule has 1 heterocycles. The third-order valence-corrected chi connectivity index (χ3v) is 3.04. The molecule has 1 aromatic rings. The fourth-order valence-corrected chi connectivity index (χ4v) is 1.71. The maximum Gasteiger partial charge on any atom is 0.225 e. The van der Waals surface area contributed by atoms with E-state index in [1.165, 1.54) is 18.4 Å². The molecule has 0 aliphatic heterocycles. The topological polar surface area (TPSA) is 41.1 Å². The highest BCUT2D eigenvalue weighted by Gasteiger charge is 2.27. The summed E-state index contributed by atoms with van der Waals surface area (Å²) in [5.41, 5.74) is 2.27. The molecular weight excluding hydrogens is 200 g/mol. The Labute approximate surface area is 97.1 Å². The molecular formula is C12H20N4. The van der Waals surface area contributed by atoms with Gasteiger partial charge in [-0.3, -0.25) is 0 Å². The number of aryl methyl sites for hydroxylation is 1. The minimum atomic E-state index is 0.666. The maximum absolute atomic E-state index is 4.56. The van der Waals surface area contributed by atoms with Crippen molar-refractivity contribution >= 4 is 5.95 Å². The third-order valence-electron chi connectivity index (χ3n) is 3.04. The quantitative estimate of drug-likeness (QED) is 0.816. The lowest BCUT2D eigenvalue weighted by Gasteiger charge is -2.17. The van der Waals surface area contributed by atoms with E-state index in [1.807, 2.05) is 6.20 Å². The van der Waals surface area contributed by atoms with Crippen molar-refractivity contribution in [1.29, 1.82) is 0 Å². The second-order valence-electron chi connectivity index (χ2n) is 4.40. The summed E-state index contributed by atoms with van der Waals surface area (Å²) >= 11 is 0. The van der Waals surface area contributed by atoms with Crippen LogP contribution in [0.25, 0.3) is 0 Å². The van der Waals surface area contributed by atoms with Crippen molar-refractivity contribution in [3.63, 3.8) is 0 Å². The van der Waals surface area contributed by atoms with Crippen LogP contribution in [-0.4, -0.2) is 29.6 Å². The molecule has 1 aliphatic rings. The molecule has 1 fully saturated rings. The Balaban J connectivity index is 2.08. The molecule has 0 spiro atoms. The Morgan fingerprint density at radius 3 is 2.81 bits per heavy atom. The molecule has 1 N–H and O–H groups in total. The lowest BCUT2D eigenvalue weighted by molar-refractivity contribution is 0.713. The van der Waals surface area contributed by atoms with E-state index in [0.29, 0.717) is 6.04 Å². The average molecular weight is 220 g/mol. The van der Waals surface area contributed by atoms with Gasteiger partial charge in [0.15, 0.2) is 0 Å². The van der Waals surface area contributed by atoms with E-state index >= 15 is 0 Å². The molecule has 0 unspecified atom stereocenters. The predicted octanol–water partition coefficient (Wildman–Crippen LogP) is 1.49. The van der Waals surface area contributed by atoms with Crippen LogP contribution in [0.4, 0.5) is 5.95 Å². The highest BCUT2D eigenvalue weighted by Crippen LogP contribution is 2.28. The summed E-state index contributed by atoms with van der Waals surface area (Å²) in [5, 5.41) is 3.30. The van der Waals surface area contributed by atoms with Crippen LogP contribution in [0.5, 0.6) is 0 Å². The Kier molecular flexibility index (Phi) is 3.39. The summed E-state index contributed by atoms with van der Waals surface area (Å²) in [7, 11) is 2.08. The van der Waals surface area contributed by atoms with Gasteiger partial charge < -0.3 is 10.2 Å². The summed E-state index contributed by atoms with van der Waals surface area (Å²) in [4.78, 5) is 11.2. The van der Waals surface area contributed by atoms with E-state index in [2.05, 4.69) is 41.1 Å². The van der Waals surface area contributed by atoms with Gasteiger partial charge in [-0.25, -0.2) is 9.97 Å². The van der Waals surface area contributed by atoms with Gasteiger partial charge in [-0.2, -0.15) is 0 Å². The molecule has 0 atom stereocenters. The van der Waals surface area contributed by atoms with Crippen molar-refractivity contribution < 1.29 is 0 Å². The highest BCUT2D eigenvalue weighted by molar-refractivity contribution is 5.34. The Morgan fingerprint density at radius 1 is 1.50 bits per heavy atom. The highest BCUT2D eigenvalue weighted by atomic mass is 15.3. The molecule has 0 radical (unpaired) electrons. The fourth-order valence-electron chi connectivity index (χ4n) is 1.71. The van der Waals surface area contributed by atoms with Gasteiger partial charge in [0.1, 0.15) is 0 Å². The second kappa shape index (κ2) is 4.78. The van der Waals surface area contributed by atoms with Crippen molar-refractivity contribution in [1.82, 2.24) is 15.3 Å². The Bertz CT molecular complexity index is 360. The Morgan fingerprint density at radius 2 is 2.25 bits per heavy atom. The second-order valence-corrected chi connectivity index (χ2v) is 4.40. The van der Waals surface area contributed by atoms with Crippen LogP contribution in [0.15, 0.2) is 6.20 Å². The van der Waals surface area contributed by atoms with Crippen molar-refractivity contribution in [2.24, 2.45) is 0 Å². The molecule has 2 rings (SSSR count). The molecule has 1 saturated carbocycles. The molecule has 88 valence electrons. The summed E-state index contributed by atoms with van der Waals surface area (Å²) < 4.78 is 0. The number of anilines is 1. The zero-order valence-electron chi connectivity index (χ0n) is 10.3. The van der Waals surface area contributed by atoms with Crippen LogP contribution in [0, 0.1) is 6.92 Å². The summed E-state index contributed by atoms with van der Waals surface area (Å²) in [6, 6.07) is 0.666. The lowest BCUT2D eigenvalue weighted by atomic mass is 10.2. The maximum atomic E-state index is 4.56. The first-order chi connectivity index (χ1) is 7.72. The molecule has 0 aromatic carbocycles. The molecule has 0 amide bonds. The number of aromatic nitrogens is 2. The van der Waals surface area contributed by atoms with Gasteiger partial charge in [-0.05, 0) is 26.3 Å². The first-order valence-corrected chi connectivity index (χ1v) is 5.98. The SMILES string of the molecule is CCNCc1cnc(N(C)C2CC2)nc1C. The summed E-state index contributed by atoms with van der Waals surface area (Å²) in [5.74, 6) is 0.861. The lowest BCUT2D eigenvalue weighted by Crippen LogP contribution is -2.23. The number of rotatable bonds is 5. The van der Waals surface area contributed by atoms with Gasteiger partial charge in [-0.1, -0.05) is 6.92 Å². The van der Waals surface area contributed by atoms with Crippen LogP contribution >= 0.6 is 0 Å². The molecule has 4 nitrogen and oxygen atoms in total. The van der Waals surface area contributed by atoms with Crippen LogP contribution in [0.1, 0.15) is 31.0 Å². The molecule has 1 aromatic heterocycles. The fraction of sp³-hybridized carbons (Fsp3) is 0.667. The predicted molar refractivity (Wildman–Crippen MR) is 65.6 cm³/mol. The van der Waals surface area contributed by atoms with E-state index in [9.17, 15) is 0 Å². The third kappa shape index (κ3) is 2.50. The van der Waals surface area contributed by atoms with Crippen LogP contribution < -0.4 is 10.2 Å². The summed E-state index contributed by atoms with van der Waals surface area (Å²) in [6.07, 6.45) is 4.50. The van der Waals surface area contributed by atoms with Gasteiger partial charge in [0, 0.05) is 37.1 Å². The van der Waals surface area contributed by atoms with E-state index in [0.717, 1.165) is 24.7 Å². The zero-order valence-corrected chi connectivity index (χ0v) is 10.3. The minimum Gasteiger partial charge on any atom is -0.341 e. The first kappa shape index (κ1) is 11.3. The van der Waals surface area contributed by atoms with Gasteiger partial charge in [0.2, 0.25) is 5.95 Å². The van der Waals surface area contributed by atoms with Crippen molar-refractivity contribution in [3.05, 3.63) is 17.5 Å². The Hall–Kier alpha value is -1.16. The zero-order chi connectivity index (χ0) is 11.5. The van der Waals surface area contributed by atoms with Gasteiger partial charge >= 0.3 is 0 Å². The van der Waals surface area contributed by atoms with E-state index in [4.69, 9.17) is 0 Å². The molecule has 0 bridgehead atoms. The van der Waals surface area contributed by atoms with Gasteiger partial charge in [0.25, 0.3) is 0 Å². The minimum absolute atomic E-state index is 0.666. The number of nitrogens with zero attached hydrogens (tertiary/aromatic N) is 3. The van der Waals surface area contributed by atoms with Crippen molar-refractivity contribution in [2.75, 3.05) is 18.5 Å².